The van der Waals surface area contributed by atoms with Crippen molar-refractivity contribution in [2.24, 2.45) is 0 Å². The van der Waals surface area contributed by atoms with E-state index in [0.29, 0.717) is 5.69 Å². The van der Waals surface area contributed by atoms with E-state index in [1.54, 1.807) is 6.20 Å². The highest BCUT2D eigenvalue weighted by atomic mass is 16.1. The third kappa shape index (κ3) is 2.50. The molecule has 0 spiro atoms. The third-order valence-corrected chi connectivity index (χ3v) is 3.53. The van der Waals surface area contributed by atoms with Crippen molar-refractivity contribution < 1.29 is 4.79 Å². The van der Waals surface area contributed by atoms with E-state index in [-0.39, 0.29) is 5.91 Å². The summed E-state index contributed by atoms with van der Waals surface area (Å²) in [6, 6.07) is 9.70. The quantitative estimate of drug-likeness (QED) is 0.879. The first-order valence-corrected chi connectivity index (χ1v) is 6.84. The fourth-order valence-corrected chi connectivity index (χ4v) is 2.47. The molecule has 20 heavy (non-hydrogen) atoms. The van der Waals surface area contributed by atoms with Crippen LogP contribution in [0.5, 0.6) is 0 Å². The number of carbonyl (C=O) groups excluding carboxylic acids is 1. The number of carbonyl (C=O) groups is 1. The van der Waals surface area contributed by atoms with E-state index in [2.05, 4.69) is 15.6 Å². The molecule has 1 amide bonds. The molecule has 2 aromatic rings. The van der Waals surface area contributed by atoms with Gasteiger partial charge in [0.05, 0.1) is 0 Å². The summed E-state index contributed by atoms with van der Waals surface area (Å²) in [4.78, 5) is 16.4. The fraction of sp³-hybridized carbons (Fsp3) is 0.250. The van der Waals surface area contributed by atoms with Gasteiger partial charge in [-0.05, 0) is 55.2 Å². The maximum absolute atomic E-state index is 12.2. The van der Waals surface area contributed by atoms with Crippen LogP contribution >= 0.6 is 0 Å². The summed E-state index contributed by atoms with van der Waals surface area (Å²) in [7, 11) is 0. The van der Waals surface area contributed by atoms with Crippen LogP contribution in [-0.4, -0.2) is 17.4 Å². The largest absolute Gasteiger partial charge is 0.385 e. The fourth-order valence-electron chi connectivity index (χ4n) is 2.47. The summed E-state index contributed by atoms with van der Waals surface area (Å²) in [5, 5.41) is 6.28. The monoisotopic (exact) mass is 267 g/mol. The maximum Gasteiger partial charge on any atom is 0.274 e. The van der Waals surface area contributed by atoms with Gasteiger partial charge in [-0.25, -0.2) is 0 Å². The molecule has 2 heterocycles. The second kappa shape index (κ2) is 5.33. The molecule has 0 saturated heterocycles. The molecule has 4 heteroatoms. The Bertz CT molecular complexity index is 652. The Kier molecular flexibility index (Phi) is 3.37. The molecule has 1 aromatic heterocycles. The molecule has 0 aliphatic carbocycles. The zero-order valence-electron chi connectivity index (χ0n) is 11.4. The summed E-state index contributed by atoms with van der Waals surface area (Å²) >= 11 is 0. The molecule has 4 nitrogen and oxygen atoms in total. The molecule has 1 aliphatic heterocycles. The number of nitrogens with one attached hydrogen (secondary N) is 2. The first kappa shape index (κ1) is 12.7. The molecular weight excluding hydrogens is 250 g/mol. The summed E-state index contributed by atoms with van der Waals surface area (Å²) in [5.41, 5.74) is 4.60. The van der Waals surface area contributed by atoms with E-state index >= 15 is 0 Å². The number of anilines is 2. The van der Waals surface area contributed by atoms with E-state index in [9.17, 15) is 4.79 Å². The summed E-state index contributed by atoms with van der Waals surface area (Å²) in [5.74, 6) is -0.160. The predicted molar refractivity (Wildman–Crippen MR) is 80.2 cm³/mol. The molecule has 0 atom stereocenters. The van der Waals surface area contributed by atoms with E-state index in [1.165, 1.54) is 11.3 Å². The van der Waals surface area contributed by atoms with E-state index < -0.39 is 0 Å². The lowest BCUT2D eigenvalue weighted by Crippen LogP contribution is -2.16. The van der Waals surface area contributed by atoms with Gasteiger partial charge in [-0.2, -0.15) is 0 Å². The van der Waals surface area contributed by atoms with Crippen LogP contribution in [0.4, 0.5) is 11.4 Å². The highest BCUT2D eigenvalue weighted by Gasteiger charge is 2.13. The molecule has 102 valence electrons. The average Bonchev–Trinajstić information content (AvgIpc) is 2.47. The second-order valence-electron chi connectivity index (χ2n) is 5.03. The Morgan fingerprint density at radius 1 is 1.35 bits per heavy atom. The van der Waals surface area contributed by atoms with Crippen LogP contribution in [0.1, 0.15) is 28.0 Å². The smallest absolute Gasteiger partial charge is 0.274 e. The van der Waals surface area contributed by atoms with Crippen LogP contribution < -0.4 is 10.6 Å². The number of benzene rings is 1. The van der Waals surface area contributed by atoms with Gasteiger partial charge >= 0.3 is 0 Å². The number of rotatable bonds is 2. The molecule has 1 aliphatic rings. The molecule has 1 aromatic carbocycles. The number of fused-ring (bicyclic) bond motifs is 1. The minimum absolute atomic E-state index is 0.160. The predicted octanol–water partition coefficient (Wildman–Crippen LogP) is 3.00. The van der Waals surface area contributed by atoms with Crippen molar-refractivity contribution in [1.82, 2.24) is 4.98 Å². The molecule has 0 unspecified atom stereocenters. The van der Waals surface area contributed by atoms with Crippen molar-refractivity contribution in [3.63, 3.8) is 0 Å². The van der Waals surface area contributed by atoms with Gasteiger partial charge in [-0.1, -0.05) is 6.07 Å². The highest BCUT2D eigenvalue weighted by molar-refractivity contribution is 6.03. The van der Waals surface area contributed by atoms with Gasteiger partial charge in [0, 0.05) is 24.1 Å². The Morgan fingerprint density at radius 2 is 2.25 bits per heavy atom. The van der Waals surface area contributed by atoms with Gasteiger partial charge in [-0.3, -0.25) is 9.78 Å². The summed E-state index contributed by atoms with van der Waals surface area (Å²) in [6.07, 6.45) is 3.82. The standard InChI is InChI=1S/C16H17N3O/c1-11-4-2-9-18-15(11)16(20)19-13-6-7-14-12(10-13)5-3-8-17-14/h2,4,6-7,9-10,17H,3,5,8H2,1H3,(H,19,20). The minimum atomic E-state index is -0.160. The lowest BCUT2D eigenvalue weighted by Gasteiger charge is -2.18. The Labute approximate surface area is 118 Å². The summed E-state index contributed by atoms with van der Waals surface area (Å²) < 4.78 is 0. The number of amides is 1. The maximum atomic E-state index is 12.2. The van der Waals surface area contributed by atoms with Crippen molar-refractivity contribution in [3.05, 3.63) is 53.3 Å². The lowest BCUT2D eigenvalue weighted by atomic mass is 10.0. The van der Waals surface area contributed by atoms with Gasteiger partial charge in [0.2, 0.25) is 0 Å². The molecule has 0 bridgehead atoms. The zero-order chi connectivity index (χ0) is 13.9. The van der Waals surface area contributed by atoms with Gasteiger partial charge in [0.25, 0.3) is 5.91 Å². The van der Waals surface area contributed by atoms with E-state index in [0.717, 1.165) is 30.6 Å². The Hall–Kier alpha value is -2.36. The highest BCUT2D eigenvalue weighted by Crippen LogP contribution is 2.25. The van der Waals surface area contributed by atoms with Crippen molar-refractivity contribution in [1.29, 1.82) is 0 Å². The number of hydrogen-bond acceptors (Lipinski definition) is 3. The van der Waals surface area contributed by atoms with E-state index in [4.69, 9.17) is 0 Å². The van der Waals surface area contributed by atoms with Crippen molar-refractivity contribution in [3.8, 4) is 0 Å². The van der Waals surface area contributed by atoms with Crippen LogP contribution in [0.3, 0.4) is 0 Å². The van der Waals surface area contributed by atoms with Gasteiger partial charge in [0.1, 0.15) is 5.69 Å². The topological polar surface area (TPSA) is 54.0 Å². The van der Waals surface area contributed by atoms with Crippen LogP contribution in [0, 0.1) is 6.92 Å². The van der Waals surface area contributed by atoms with Crippen molar-refractivity contribution >= 4 is 17.3 Å². The Morgan fingerprint density at radius 3 is 3.10 bits per heavy atom. The number of hydrogen-bond donors (Lipinski definition) is 2. The number of aromatic nitrogens is 1. The zero-order valence-corrected chi connectivity index (χ0v) is 11.4. The van der Waals surface area contributed by atoms with Crippen LogP contribution in [0.25, 0.3) is 0 Å². The van der Waals surface area contributed by atoms with Crippen molar-refractivity contribution in [2.75, 3.05) is 17.2 Å². The van der Waals surface area contributed by atoms with Gasteiger partial charge in [0.15, 0.2) is 0 Å². The SMILES string of the molecule is Cc1cccnc1C(=O)Nc1ccc2c(c1)CCCN2. The van der Waals surface area contributed by atoms with Crippen molar-refractivity contribution in [2.45, 2.75) is 19.8 Å². The third-order valence-electron chi connectivity index (χ3n) is 3.53. The first-order chi connectivity index (χ1) is 9.74. The van der Waals surface area contributed by atoms with Gasteiger partial charge in [-0.15, -0.1) is 0 Å². The average molecular weight is 267 g/mol. The minimum Gasteiger partial charge on any atom is -0.385 e. The number of nitrogens with zero attached hydrogens (tertiary/aromatic N) is 1. The number of pyridine rings is 1. The van der Waals surface area contributed by atoms with Crippen LogP contribution in [-0.2, 0) is 6.42 Å². The molecule has 0 fully saturated rings. The molecule has 0 saturated carbocycles. The van der Waals surface area contributed by atoms with Crippen LogP contribution in [0.2, 0.25) is 0 Å². The second-order valence-corrected chi connectivity index (χ2v) is 5.03. The Balaban J connectivity index is 1.81. The lowest BCUT2D eigenvalue weighted by molar-refractivity contribution is 0.102. The first-order valence-electron chi connectivity index (χ1n) is 6.84. The summed E-state index contributed by atoms with van der Waals surface area (Å²) in [6.45, 7) is 2.91. The molecule has 3 rings (SSSR count). The van der Waals surface area contributed by atoms with E-state index in [1.807, 2.05) is 37.3 Å². The molecule has 0 radical (unpaired) electrons. The number of aryl methyl sites for hydroxylation is 2. The van der Waals surface area contributed by atoms with Crippen LogP contribution in [0.15, 0.2) is 36.5 Å². The van der Waals surface area contributed by atoms with Gasteiger partial charge < -0.3 is 10.6 Å². The molecule has 2 N–H and O–H groups in total. The molecular formula is C16H17N3O. The normalized spacial score (nSPS) is 13.2.